The van der Waals surface area contributed by atoms with Crippen molar-refractivity contribution in [1.82, 2.24) is 0 Å². The normalized spacial score (nSPS) is 11.8. The summed E-state index contributed by atoms with van der Waals surface area (Å²) in [6, 6.07) is 11.7. The zero-order valence-electron chi connectivity index (χ0n) is 13.5. The highest BCUT2D eigenvalue weighted by molar-refractivity contribution is 5.92. The first-order chi connectivity index (χ1) is 11.4. The van der Waals surface area contributed by atoms with Crippen molar-refractivity contribution in [3.05, 3.63) is 59.9 Å². The summed E-state index contributed by atoms with van der Waals surface area (Å²) in [5.74, 6) is -1.14. The molecule has 5 nitrogen and oxygen atoms in total. The Morgan fingerprint density at radius 2 is 1.50 bits per heavy atom. The Balaban J connectivity index is 2.11. The van der Waals surface area contributed by atoms with Crippen molar-refractivity contribution in [3.63, 3.8) is 0 Å². The van der Waals surface area contributed by atoms with Crippen LogP contribution in [-0.2, 0) is 9.59 Å². The maximum absolute atomic E-state index is 13.0. The average Bonchev–Trinajstić information content (AvgIpc) is 2.54. The molecule has 0 spiro atoms. The Morgan fingerprint density at radius 1 is 0.958 bits per heavy atom. The topological polar surface area (TPSA) is 84.2 Å². The molecule has 2 amide bonds. The summed E-state index contributed by atoms with van der Waals surface area (Å²) in [6.07, 6.45) is 0. The lowest BCUT2D eigenvalue weighted by molar-refractivity contribution is -0.119. The van der Waals surface area contributed by atoms with E-state index in [1.54, 1.807) is 24.3 Å². The zero-order valence-corrected chi connectivity index (χ0v) is 13.5. The van der Waals surface area contributed by atoms with Gasteiger partial charge < -0.3 is 16.4 Å². The molecule has 0 aromatic heterocycles. The molecule has 2 aromatic rings. The SMILES string of the molecule is CC(C)C(=O)Nc1ccc(N[C@@H](C(N)=O)c2ccc(F)cc2)cc1. The molecule has 0 unspecified atom stereocenters. The number of halogens is 1. The Morgan fingerprint density at radius 3 is 2.00 bits per heavy atom. The molecule has 0 aliphatic heterocycles. The third kappa shape index (κ3) is 4.55. The average molecular weight is 329 g/mol. The molecule has 2 rings (SSSR count). The van der Waals surface area contributed by atoms with Crippen LogP contribution in [0.15, 0.2) is 48.5 Å². The van der Waals surface area contributed by atoms with E-state index in [2.05, 4.69) is 10.6 Å². The number of nitrogens with one attached hydrogen (secondary N) is 2. The minimum atomic E-state index is -0.776. The van der Waals surface area contributed by atoms with Gasteiger partial charge in [0.25, 0.3) is 0 Å². The second-order valence-corrected chi connectivity index (χ2v) is 5.75. The van der Waals surface area contributed by atoms with Crippen molar-refractivity contribution >= 4 is 23.2 Å². The van der Waals surface area contributed by atoms with Crippen LogP contribution in [0.2, 0.25) is 0 Å². The van der Waals surface area contributed by atoms with Crippen LogP contribution in [0.5, 0.6) is 0 Å². The molecule has 4 N–H and O–H groups in total. The second-order valence-electron chi connectivity index (χ2n) is 5.75. The van der Waals surface area contributed by atoms with Crippen LogP contribution in [0.25, 0.3) is 0 Å². The van der Waals surface area contributed by atoms with Crippen LogP contribution < -0.4 is 16.4 Å². The molecule has 6 heteroatoms. The maximum atomic E-state index is 13.0. The van der Waals surface area contributed by atoms with E-state index in [4.69, 9.17) is 5.73 Å². The fourth-order valence-electron chi connectivity index (χ4n) is 2.08. The van der Waals surface area contributed by atoms with Gasteiger partial charge >= 0.3 is 0 Å². The van der Waals surface area contributed by atoms with Crippen molar-refractivity contribution in [2.75, 3.05) is 10.6 Å². The second kappa shape index (κ2) is 7.59. The number of primary amides is 1. The van der Waals surface area contributed by atoms with Crippen molar-refractivity contribution in [2.45, 2.75) is 19.9 Å². The lowest BCUT2D eigenvalue weighted by Gasteiger charge is -2.17. The highest BCUT2D eigenvalue weighted by atomic mass is 19.1. The van der Waals surface area contributed by atoms with Gasteiger partial charge in [-0.1, -0.05) is 26.0 Å². The van der Waals surface area contributed by atoms with Crippen LogP contribution in [0.4, 0.5) is 15.8 Å². The van der Waals surface area contributed by atoms with Gasteiger partial charge in [0.15, 0.2) is 0 Å². The van der Waals surface area contributed by atoms with E-state index in [0.29, 0.717) is 16.9 Å². The van der Waals surface area contributed by atoms with Gasteiger partial charge in [-0.2, -0.15) is 0 Å². The summed E-state index contributed by atoms with van der Waals surface area (Å²) < 4.78 is 13.0. The standard InChI is InChI=1S/C18H20FN3O2/c1-11(2)18(24)22-15-9-7-14(8-10-15)21-16(17(20)23)12-3-5-13(19)6-4-12/h3-11,16,21H,1-2H3,(H2,20,23)(H,22,24)/t16-/m1/s1. The molecule has 126 valence electrons. The molecule has 0 aliphatic rings. The molecule has 0 bridgehead atoms. The molecule has 2 aromatic carbocycles. The molecule has 0 heterocycles. The van der Waals surface area contributed by atoms with Crippen LogP contribution in [0, 0.1) is 11.7 Å². The fourth-order valence-corrected chi connectivity index (χ4v) is 2.08. The summed E-state index contributed by atoms with van der Waals surface area (Å²) >= 11 is 0. The summed E-state index contributed by atoms with van der Waals surface area (Å²) in [7, 11) is 0. The molecule has 0 saturated carbocycles. The van der Waals surface area contributed by atoms with Crippen molar-refractivity contribution in [1.29, 1.82) is 0 Å². The van der Waals surface area contributed by atoms with Gasteiger partial charge in [-0.3, -0.25) is 9.59 Å². The molecule has 0 radical (unpaired) electrons. The molecule has 0 saturated heterocycles. The first kappa shape index (κ1) is 17.5. The van der Waals surface area contributed by atoms with E-state index in [1.807, 2.05) is 13.8 Å². The quantitative estimate of drug-likeness (QED) is 0.761. The Bertz CT molecular complexity index is 712. The van der Waals surface area contributed by atoms with Crippen molar-refractivity contribution in [2.24, 2.45) is 11.7 Å². The van der Waals surface area contributed by atoms with Crippen molar-refractivity contribution in [3.8, 4) is 0 Å². The minimum absolute atomic E-state index is 0.0722. The molecular weight excluding hydrogens is 309 g/mol. The Labute approximate surface area is 140 Å². The number of carbonyl (C=O) groups is 2. The molecule has 24 heavy (non-hydrogen) atoms. The van der Waals surface area contributed by atoms with E-state index >= 15 is 0 Å². The third-order valence-corrected chi connectivity index (χ3v) is 3.48. The minimum Gasteiger partial charge on any atom is -0.370 e. The highest BCUT2D eigenvalue weighted by Crippen LogP contribution is 2.21. The van der Waals surface area contributed by atoms with Crippen LogP contribution in [0.3, 0.4) is 0 Å². The lowest BCUT2D eigenvalue weighted by atomic mass is 10.1. The number of benzene rings is 2. The molecule has 0 fully saturated rings. The van der Waals surface area contributed by atoms with E-state index in [9.17, 15) is 14.0 Å². The predicted octanol–water partition coefficient (Wildman–Crippen LogP) is 3.06. The number of anilines is 2. The Hall–Kier alpha value is -2.89. The number of hydrogen-bond acceptors (Lipinski definition) is 3. The molecule has 0 aliphatic carbocycles. The fraction of sp³-hybridized carbons (Fsp3) is 0.222. The van der Waals surface area contributed by atoms with Crippen LogP contribution in [0.1, 0.15) is 25.5 Å². The number of carbonyl (C=O) groups excluding carboxylic acids is 2. The van der Waals surface area contributed by atoms with Gasteiger partial charge in [0.1, 0.15) is 11.9 Å². The van der Waals surface area contributed by atoms with E-state index in [0.717, 1.165) is 0 Å². The third-order valence-electron chi connectivity index (χ3n) is 3.48. The van der Waals surface area contributed by atoms with Crippen LogP contribution >= 0.6 is 0 Å². The first-order valence-corrected chi connectivity index (χ1v) is 7.59. The smallest absolute Gasteiger partial charge is 0.244 e. The molecule has 1 atom stereocenters. The number of rotatable bonds is 6. The Kier molecular flexibility index (Phi) is 5.52. The highest BCUT2D eigenvalue weighted by Gasteiger charge is 2.17. The number of amides is 2. The summed E-state index contributed by atoms with van der Waals surface area (Å²) in [6.45, 7) is 3.62. The maximum Gasteiger partial charge on any atom is 0.244 e. The summed E-state index contributed by atoms with van der Waals surface area (Å²) in [4.78, 5) is 23.3. The van der Waals surface area contributed by atoms with Gasteiger partial charge in [-0.25, -0.2) is 4.39 Å². The monoisotopic (exact) mass is 329 g/mol. The van der Waals surface area contributed by atoms with E-state index < -0.39 is 11.9 Å². The molecular formula is C18H20FN3O2. The van der Waals surface area contributed by atoms with Gasteiger partial charge in [0.2, 0.25) is 11.8 Å². The lowest BCUT2D eigenvalue weighted by Crippen LogP contribution is -2.27. The number of hydrogen-bond donors (Lipinski definition) is 3. The summed E-state index contributed by atoms with van der Waals surface area (Å²) in [5, 5.41) is 5.79. The van der Waals surface area contributed by atoms with Crippen LogP contribution in [-0.4, -0.2) is 11.8 Å². The van der Waals surface area contributed by atoms with Crippen molar-refractivity contribution < 1.29 is 14.0 Å². The van der Waals surface area contributed by atoms with Gasteiger partial charge in [0, 0.05) is 17.3 Å². The van der Waals surface area contributed by atoms with E-state index in [-0.39, 0.29) is 17.6 Å². The number of nitrogens with two attached hydrogens (primary N) is 1. The zero-order chi connectivity index (χ0) is 17.7. The van der Waals surface area contributed by atoms with E-state index in [1.165, 1.54) is 24.3 Å². The van der Waals surface area contributed by atoms with Gasteiger partial charge in [-0.15, -0.1) is 0 Å². The van der Waals surface area contributed by atoms with Gasteiger partial charge in [-0.05, 0) is 42.0 Å². The van der Waals surface area contributed by atoms with Gasteiger partial charge in [0.05, 0.1) is 0 Å². The predicted molar refractivity (Wildman–Crippen MR) is 91.9 cm³/mol. The summed E-state index contributed by atoms with van der Waals surface area (Å²) in [5.41, 5.74) is 7.32. The largest absolute Gasteiger partial charge is 0.370 e. The first-order valence-electron chi connectivity index (χ1n) is 7.59.